The van der Waals surface area contributed by atoms with Gasteiger partial charge in [-0.3, -0.25) is 0 Å². The predicted octanol–water partition coefficient (Wildman–Crippen LogP) is 4.86. The van der Waals surface area contributed by atoms with Crippen LogP contribution in [0, 0.1) is 17.5 Å². The average Bonchev–Trinajstić information content (AvgIpc) is 3.17. The van der Waals surface area contributed by atoms with E-state index >= 15 is 8.78 Å². The number of fused-ring (bicyclic) bond motifs is 1. The quantitative estimate of drug-likeness (QED) is 0.484. The zero-order chi connectivity index (χ0) is 27.1. The maximum atomic E-state index is 15.1. The fraction of sp³-hybridized carbons (Fsp3) is 0.423. The number of amides is 1. The van der Waals surface area contributed by atoms with E-state index in [0.29, 0.717) is 30.4 Å². The first-order valence-corrected chi connectivity index (χ1v) is 11.9. The molecule has 0 spiro atoms. The molecule has 1 saturated heterocycles. The predicted molar refractivity (Wildman–Crippen MR) is 128 cm³/mol. The van der Waals surface area contributed by atoms with E-state index in [1.54, 1.807) is 37.4 Å². The first-order chi connectivity index (χ1) is 17.4. The minimum atomic E-state index is -1.79. The maximum absolute atomic E-state index is 15.1. The highest BCUT2D eigenvalue weighted by atomic mass is 19.2. The molecular weight excluding hydrogens is 491 g/mol. The molecule has 3 aromatic rings. The summed E-state index contributed by atoms with van der Waals surface area (Å²) in [5, 5.41) is 9.11. The maximum Gasteiger partial charge on any atom is 0.410 e. The molecule has 1 aromatic carbocycles. The Balaban J connectivity index is 1.77. The summed E-state index contributed by atoms with van der Waals surface area (Å²) in [5.41, 5.74) is -1.09. The van der Waals surface area contributed by atoms with Crippen molar-refractivity contribution in [1.82, 2.24) is 14.3 Å². The van der Waals surface area contributed by atoms with E-state index in [9.17, 15) is 14.0 Å². The number of benzene rings is 1. The third-order valence-electron chi connectivity index (χ3n) is 6.04. The number of hydrogen-bond donors (Lipinski definition) is 1. The zero-order valence-electron chi connectivity index (χ0n) is 21.0. The molecule has 0 saturated carbocycles. The highest BCUT2D eigenvalue weighted by Gasteiger charge is 2.32. The molecule has 0 radical (unpaired) electrons. The first kappa shape index (κ1) is 26.5. The largest absolute Gasteiger partial charge is 0.478 e. The Morgan fingerprint density at radius 3 is 2.59 bits per heavy atom. The number of ether oxygens (including phenoxy) is 2. The molecule has 1 aliphatic rings. The number of halogens is 3. The minimum absolute atomic E-state index is 0.0858. The number of aryl methyl sites for hydroxylation is 1. The Morgan fingerprint density at radius 2 is 1.95 bits per heavy atom. The van der Waals surface area contributed by atoms with Crippen LogP contribution in [0.1, 0.15) is 49.3 Å². The molecule has 0 aliphatic carbocycles. The first-order valence-electron chi connectivity index (χ1n) is 11.9. The van der Waals surface area contributed by atoms with E-state index in [0.717, 1.165) is 5.56 Å². The molecule has 1 N–H and O–H groups in total. The lowest BCUT2D eigenvalue weighted by Crippen LogP contribution is -2.48. The second-order valence-corrected chi connectivity index (χ2v) is 9.86. The van der Waals surface area contributed by atoms with Crippen LogP contribution in [0.2, 0.25) is 0 Å². The minimum Gasteiger partial charge on any atom is -0.478 e. The lowest BCUT2D eigenvalue weighted by molar-refractivity contribution is -0.0418. The number of carboxylic acid groups (broad SMARTS) is 1. The molecule has 37 heavy (non-hydrogen) atoms. The second kappa shape index (κ2) is 10.0. The van der Waals surface area contributed by atoms with Crippen molar-refractivity contribution in [2.24, 2.45) is 0 Å². The standard InChI is InChI=1S/C26H28F3N3O5/c1-5-14-6-7-32-18(11-15-13-31(8-9-36-15)25(35)37-26(2,3)4)23(30-19(32)10-14)20-17(27)12-16(24(33)34)21(28)22(20)29/h6-7,10,12,15H,5,8-9,11,13H2,1-4H3,(H,33,34)/t15-/m0/s1. The molecule has 0 bridgehead atoms. The Hall–Kier alpha value is -3.60. The number of aromatic nitrogens is 2. The number of carboxylic acids is 1. The van der Waals surface area contributed by atoms with Crippen molar-refractivity contribution in [3.05, 3.63) is 58.7 Å². The monoisotopic (exact) mass is 519 g/mol. The summed E-state index contributed by atoms with van der Waals surface area (Å²) >= 11 is 0. The van der Waals surface area contributed by atoms with Crippen molar-refractivity contribution in [3.8, 4) is 11.3 Å². The van der Waals surface area contributed by atoms with Gasteiger partial charge in [0.05, 0.1) is 36.2 Å². The summed E-state index contributed by atoms with van der Waals surface area (Å²) in [5.74, 6) is -6.36. The fourth-order valence-corrected chi connectivity index (χ4v) is 4.27. The van der Waals surface area contributed by atoms with Crippen molar-refractivity contribution >= 4 is 17.7 Å². The molecule has 2 aromatic heterocycles. The van der Waals surface area contributed by atoms with Crippen molar-refractivity contribution in [3.63, 3.8) is 0 Å². The molecule has 11 heteroatoms. The van der Waals surface area contributed by atoms with Crippen LogP contribution < -0.4 is 0 Å². The molecule has 1 aliphatic heterocycles. The molecule has 4 rings (SSSR count). The van der Waals surface area contributed by atoms with Crippen LogP contribution in [0.5, 0.6) is 0 Å². The smallest absolute Gasteiger partial charge is 0.410 e. The molecular formula is C26H28F3N3O5. The van der Waals surface area contributed by atoms with E-state index in [-0.39, 0.29) is 25.3 Å². The van der Waals surface area contributed by atoms with Gasteiger partial charge in [-0.25, -0.2) is 27.7 Å². The van der Waals surface area contributed by atoms with Gasteiger partial charge in [0.25, 0.3) is 0 Å². The SMILES string of the molecule is CCc1ccn2c(C[C@H]3CN(C(=O)OC(C)(C)C)CCO3)c(-c3c(F)cc(C(=O)O)c(F)c3F)nc2c1. The number of imidazole rings is 1. The van der Waals surface area contributed by atoms with E-state index in [1.165, 1.54) is 4.90 Å². The molecule has 0 unspecified atom stereocenters. The Labute approximate surface area is 211 Å². The van der Waals surface area contributed by atoms with Gasteiger partial charge in [0.2, 0.25) is 0 Å². The van der Waals surface area contributed by atoms with Gasteiger partial charge in [-0.15, -0.1) is 0 Å². The summed E-state index contributed by atoms with van der Waals surface area (Å²) in [7, 11) is 0. The lowest BCUT2D eigenvalue weighted by Gasteiger charge is -2.34. The van der Waals surface area contributed by atoms with Crippen LogP contribution >= 0.6 is 0 Å². The third-order valence-corrected chi connectivity index (χ3v) is 6.04. The summed E-state index contributed by atoms with van der Waals surface area (Å²) in [6.07, 6.45) is 1.40. The van der Waals surface area contributed by atoms with Gasteiger partial charge in [-0.05, 0) is 51.0 Å². The summed E-state index contributed by atoms with van der Waals surface area (Å²) < 4.78 is 57.7. The van der Waals surface area contributed by atoms with Gasteiger partial charge in [-0.1, -0.05) is 6.92 Å². The number of morpholine rings is 1. The number of hydrogen-bond acceptors (Lipinski definition) is 5. The van der Waals surface area contributed by atoms with Crippen LogP contribution in [-0.4, -0.2) is 62.9 Å². The van der Waals surface area contributed by atoms with Gasteiger partial charge < -0.3 is 23.9 Å². The van der Waals surface area contributed by atoms with Crippen molar-refractivity contribution in [2.45, 2.75) is 52.2 Å². The van der Waals surface area contributed by atoms with E-state index in [4.69, 9.17) is 14.6 Å². The molecule has 3 heterocycles. The number of rotatable bonds is 5. The van der Waals surface area contributed by atoms with Crippen molar-refractivity contribution in [1.29, 1.82) is 0 Å². The van der Waals surface area contributed by atoms with Gasteiger partial charge in [-0.2, -0.15) is 0 Å². The number of aromatic carboxylic acids is 1. The number of carbonyl (C=O) groups excluding carboxylic acids is 1. The average molecular weight is 520 g/mol. The fourth-order valence-electron chi connectivity index (χ4n) is 4.27. The lowest BCUT2D eigenvalue weighted by atomic mass is 10.0. The highest BCUT2D eigenvalue weighted by Crippen LogP contribution is 2.33. The van der Waals surface area contributed by atoms with Crippen LogP contribution in [0.25, 0.3) is 16.9 Å². The van der Waals surface area contributed by atoms with Crippen LogP contribution in [-0.2, 0) is 22.3 Å². The molecule has 1 amide bonds. The molecule has 1 atom stereocenters. The normalized spacial score (nSPS) is 16.3. The second-order valence-electron chi connectivity index (χ2n) is 9.86. The van der Waals surface area contributed by atoms with Crippen molar-refractivity contribution < 1.29 is 37.3 Å². The third kappa shape index (κ3) is 5.41. The van der Waals surface area contributed by atoms with Crippen LogP contribution in [0.4, 0.5) is 18.0 Å². The van der Waals surface area contributed by atoms with Gasteiger partial charge in [0, 0.05) is 19.2 Å². The Bertz CT molecular complexity index is 1370. The zero-order valence-corrected chi connectivity index (χ0v) is 21.0. The Morgan fingerprint density at radius 1 is 1.22 bits per heavy atom. The summed E-state index contributed by atoms with van der Waals surface area (Å²) in [6.45, 7) is 7.92. The molecule has 1 fully saturated rings. The van der Waals surface area contributed by atoms with E-state index < -0.39 is 52.3 Å². The number of nitrogens with zero attached hydrogens (tertiary/aromatic N) is 3. The molecule has 198 valence electrons. The van der Waals surface area contributed by atoms with Crippen LogP contribution in [0.3, 0.4) is 0 Å². The summed E-state index contributed by atoms with van der Waals surface area (Å²) in [4.78, 5) is 29.7. The van der Waals surface area contributed by atoms with Crippen molar-refractivity contribution in [2.75, 3.05) is 19.7 Å². The highest BCUT2D eigenvalue weighted by molar-refractivity contribution is 5.89. The number of carbonyl (C=O) groups is 2. The van der Waals surface area contributed by atoms with Gasteiger partial charge in [0.15, 0.2) is 11.6 Å². The van der Waals surface area contributed by atoms with Gasteiger partial charge >= 0.3 is 12.1 Å². The van der Waals surface area contributed by atoms with Gasteiger partial charge in [0.1, 0.15) is 22.6 Å². The topological polar surface area (TPSA) is 93.4 Å². The van der Waals surface area contributed by atoms with E-state index in [1.807, 2.05) is 13.0 Å². The number of pyridine rings is 1. The van der Waals surface area contributed by atoms with Crippen LogP contribution in [0.15, 0.2) is 24.4 Å². The molecule has 8 nitrogen and oxygen atoms in total. The van der Waals surface area contributed by atoms with E-state index in [2.05, 4.69) is 4.98 Å². The summed E-state index contributed by atoms with van der Waals surface area (Å²) in [6, 6.07) is 4.03. The Kier molecular flexibility index (Phi) is 7.18.